The minimum Gasteiger partial charge on any atom is -0.0798 e. The molecular weight excluding hydrogens is 96.1 g/mol. The van der Waals surface area contributed by atoms with Crippen molar-refractivity contribution in [3.05, 3.63) is 24.3 Å². The summed E-state index contributed by atoms with van der Waals surface area (Å²) in [6.45, 7) is 11.5. The van der Waals surface area contributed by atoms with Crippen LogP contribution < -0.4 is 0 Å². The molecule has 45 valence electrons. The van der Waals surface area contributed by atoms with Gasteiger partial charge in [-0.2, -0.15) is 0 Å². The fraction of sp³-hybridized carbons (Fsp3) is 0.500. The van der Waals surface area contributed by atoms with Crippen LogP contribution in [0.3, 0.4) is 0 Å². The quantitative estimate of drug-likeness (QED) is 0.478. The summed E-state index contributed by atoms with van der Waals surface area (Å²) in [7, 11) is 0. The van der Waals surface area contributed by atoms with Gasteiger partial charge in [-0.15, -0.1) is 0 Å². The van der Waals surface area contributed by atoms with Crippen LogP contribution in [0, 0.1) is 12.5 Å². The Morgan fingerprint density at radius 3 is 2.12 bits per heavy atom. The number of allylic oxidation sites excluding steroid dienone is 3. The molecule has 0 spiro atoms. The summed E-state index contributed by atoms with van der Waals surface area (Å²) < 4.78 is 0. The van der Waals surface area contributed by atoms with E-state index in [0.29, 0.717) is 5.92 Å². The van der Waals surface area contributed by atoms with Crippen LogP contribution in [0.15, 0.2) is 17.7 Å². The molecule has 0 saturated heterocycles. The third-order valence-electron chi connectivity index (χ3n) is 0.900. The number of hydrogen-bond donors (Lipinski definition) is 0. The summed E-state index contributed by atoms with van der Waals surface area (Å²) >= 11 is 0. The summed E-state index contributed by atoms with van der Waals surface area (Å²) in [5.41, 5.74) is 1.32. The van der Waals surface area contributed by atoms with Crippen LogP contribution in [0.1, 0.15) is 20.8 Å². The molecule has 0 aliphatic rings. The van der Waals surface area contributed by atoms with E-state index >= 15 is 0 Å². The zero-order valence-corrected chi connectivity index (χ0v) is 5.81. The van der Waals surface area contributed by atoms with Gasteiger partial charge < -0.3 is 0 Å². The van der Waals surface area contributed by atoms with Crippen LogP contribution in [0.2, 0.25) is 0 Å². The van der Waals surface area contributed by atoms with Gasteiger partial charge in [0.05, 0.1) is 0 Å². The molecule has 8 heavy (non-hydrogen) atoms. The summed E-state index contributed by atoms with van der Waals surface area (Å²) in [6.07, 6.45) is 3.81. The van der Waals surface area contributed by atoms with E-state index in [1.54, 1.807) is 6.08 Å². The van der Waals surface area contributed by atoms with Gasteiger partial charge in [-0.05, 0) is 19.8 Å². The maximum Gasteiger partial charge on any atom is -0.00763 e. The standard InChI is InChI=1S/C8H13/c1-5-8(4)6-7(2)3/h1,5-6,8H,2-4H3. The highest BCUT2D eigenvalue weighted by Crippen LogP contribution is 2.01. The molecule has 0 nitrogen and oxygen atoms in total. The zero-order chi connectivity index (χ0) is 6.57. The van der Waals surface area contributed by atoms with Crippen molar-refractivity contribution in [2.45, 2.75) is 20.8 Å². The van der Waals surface area contributed by atoms with Crippen molar-refractivity contribution in [1.82, 2.24) is 0 Å². The fourth-order valence-corrected chi connectivity index (χ4v) is 0.581. The lowest BCUT2D eigenvalue weighted by Gasteiger charge is -1.95. The first kappa shape index (κ1) is 7.48. The van der Waals surface area contributed by atoms with Gasteiger partial charge in [0.15, 0.2) is 0 Å². The van der Waals surface area contributed by atoms with E-state index in [9.17, 15) is 0 Å². The zero-order valence-electron chi connectivity index (χ0n) is 5.81. The van der Waals surface area contributed by atoms with Gasteiger partial charge in [-0.25, -0.2) is 0 Å². The minimum atomic E-state index is 0.417. The lowest BCUT2D eigenvalue weighted by Crippen LogP contribution is -1.80. The summed E-state index contributed by atoms with van der Waals surface area (Å²) in [6, 6.07) is 0. The monoisotopic (exact) mass is 109 g/mol. The summed E-state index contributed by atoms with van der Waals surface area (Å²) in [4.78, 5) is 0. The third-order valence-corrected chi connectivity index (χ3v) is 0.900. The molecule has 1 unspecified atom stereocenters. The normalized spacial score (nSPS) is 12.4. The molecule has 0 aliphatic heterocycles. The first-order valence-electron chi connectivity index (χ1n) is 2.87. The molecule has 0 N–H and O–H groups in total. The molecule has 1 radical (unpaired) electrons. The summed E-state index contributed by atoms with van der Waals surface area (Å²) in [5.74, 6) is 0.417. The molecule has 1 atom stereocenters. The van der Waals surface area contributed by atoms with Gasteiger partial charge in [0.1, 0.15) is 0 Å². The predicted octanol–water partition coefficient (Wildman–Crippen LogP) is 2.58. The van der Waals surface area contributed by atoms with Crippen molar-refractivity contribution in [3.8, 4) is 0 Å². The molecule has 0 aromatic rings. The Morgan fingerprint density at radius 1 is 1.50 bits per heavy atom. The Balaban J connectivity index is 3.68. The third kappa shape index (κ3) is 3.66. The Kier molecular flexibility index (Phi) is 3.25. The second-order valence-corrected chi connectivity index (χ2v) is 2.30. The van der Waals surface area contributed by atoms with Crippen molar-refractivity contribution >= 4 is 0 Å². The number of rotatable bonds is 2. The van der Waals surface area contributed by atoms with Gasteiger partial charge in [0, 0.05) is 0 Å². The van der Waals surface area contributed by atoms with Crippen molar-refractivity contribution in [2.24, 2.45) is 5.92 Å². The topological polar surface area (TPSA) is 0 Å². The minimum absolute atomic E-state index is 0.417. The second kappa shape index (κ2) is 3.48. The highest BCUT2D eigenvalue weighted by atomic mass is 13.9. The molecule has 0 aliphatic carbocycles. The van der Waals surface area contributed by atoms with E-state index < -0.39 is 0 Å². The van der Waals surface area contributed by atoms with E-state index in [0.717, 1.165) is 0 Å². The van der Waals surface area contributed by atoms with Gasteiger partial charge in [0.25, 0.3) is 0 Å². The SMILES string of the molecule is [CH]=CC(C)C=C(C)C. The molecule has 0 aromatic carbocycles. The van der Waals surface area contributed by atoms with E-state index in [2.05, 4.69) is 26.8 Å². The predicted molar refractivity (Wildman–Crippen MR) is 37.5 cm³/mol. The van der Waals surface area contributed by atoms with Crippen molar-refractivity contribution in [2.75, 3.05) is 0 Å². The average Bonchev–Trinajstić information content (AvgIpc) is 1.65. The maximum absolute atomic E-state index is 5.25. The Morgan fingerprint density at radius 2 is 2.00 bits per heavy atom. The van der Waals surface area contributed by atoms with Gasteiger partial charge in [-0.1, -0.05) is 31.2 Å². The van der Waals surface area contributed by atoms with E-state index in [1.807, 2.05) is 0 Å². The van der Waals surface area contributed by atoms with Gasteiger partial charge in [-0.3, -0.25) is 0 Å². The molecule has 0 heterocycles. The maximum atomic E-state index is 5.25. The molecule has 0 saturated carbocycles. The first-order chi connectivity index (χ1) is 3.66. The van der Waals surface area contributed by atoms with E-state index in [-0.39, 0.29) is 0 Å². The second-order valence-electron chi connectivity index (χ2n) is 2.30. The molecule has 0 aromatic heterocycles. The molecule has 0 bridgehead atoms. The molecule has 0 heteroatoms. The van der Waals surface area contributed by atoms with Crippen LogP contribution in [-0.2, 0) is 0 Å². The van der Waals surface area contributed by atoms with Gasteiger partial charge in [0.2, 0.25) is 0 Å². The largest absolute Gasteiger partial charge is 0.0798 e. The molecule has 0 fully saturated rings. The molecule has 0 amide bonds. The van der Waals surface area contributed by atoms with Crippen LogP contribution in [0.5, 0.6) is 0 Å². The van der Waals surface area contributed by atoms with Crippen LogP contribution in [-0.4, -0.2) is 0 Å². The van der Waals surface area contributed by atoms with Gasteiger partial charge >= 0.3 is 0 Å². The Labute approximate surface area is 51.9 Å². The highest BCUT2D eigenvalue weighted by Gasteiger charge is 1.86. The number of hydrogen-bond acceptors (Lipinski definition) is 0. The smallest absolute Gasteiger partial charge is 0.00763 e. The fourth-order valence-electron chi connectivity index (χ4n) is 0.581. The molecule has 0 rings (SSSR count). The lowest BCUT2D eigenvalue weighted by molar-refractivity contribution is 0.926. The van der Waals surface area contributed by atoms with Crippen molar-refractivity contribution in [3.63, 3.8) is 0 Å². The Bertz CT molecular complexity index is 94.6. The van der Waals surface area contributed by atoms with Crippen molar-refractivity contribution in [1.29, 1.82) is 0 Å². The molecular formula is C8H13. The summed E-state index contributed by atoms with van der Waals surface area (Å²) in [5, 5.41) is 0. The van der Waals surface area contributed by atoms with Crippen LogP contribution in [0.25, 0.3) is 0 Å². The Hall–Kier alpha value is -0.520. The lowest BCUT2D eigenvalue weighted by atomic mass is 10.1. The van der Waals surface area contributed by atoms with E-state index in [1.165, 1.54) is 5.57 Å². The van der Waals surface area contributed by atoms with Crippen LogP contribution in [0.4, 0.5) is 0 Å². The average molecular weight is 109 g/mol. The van der Waals surface area contributed by atoms with E-state index in [4.69, 9.17) is 6.58 Å². The highest BCUT2D eigenvalue weighted by molar-refractivity contribution is 5.00. The van der Waals surface area contributed by atoms with Crippen molar-refractivity contribution < 1.29 is 0 Å². The first-order valence-corrected chi connectivity index (χ1v) is 2.87. The van der Waals surface area contributed by atoms with Crippen LogP contribution >= 0.6 is 0 Å².